The van der Waals surface area contributed by atoms with Crippen molar-refractivity contribution in [3.05, 3.63) is 35.9 Å². The third-order valence-corrected chi connectivity index (χ3v) is 4.70. The summed E-state index contributed by atoms with van der Waals surface area (Å²) in [6, 6.07) is 10.2. The van der Waals surface area contributed by atoms with Gasteiger partial charge in [-0.2, -0.15) is 0 Å². The minimum atomic E-state index is -0.0316. The number of nitrogens with zero attached hydrogens (tertiary/aromatic N) is 1. The van der Waals surface area contributed by atoms with E-state index in [2.05, 4.69) is 20.9 Å². The molecule has 4 N–H and O–H groups in total. The van der Waals surface area contributed by atoms with Gasteiger partial charge < -0.3 is 21.1 Å². The predicted molar refractivity (Wildman–Crippen MR) is 121 cm³/mol. The van der Waals surface area contributed by atoms with Gasteiger partial charge in [-0.05, 0) is 25.3 Å². The Hall–Kier alpha value is -1.35. The van der Waals surface area contributed by atoms with Gasteiger partial charge in [-0.1, -0.05) is 49.6 Å². The summed E-state index contributed by atoms with van der Waals surface area (Å²) in [4.78, 5) is 16.5. The number of aliphatic hydroxyl groups excluding tert-OH is 1. The molecular weight excluding hydrogens is 455 g/mol. The molecular formula is C20H33IN4O2. The van der Waals surface area contributed by atoms with Crippen LogP contribution in [-0.2, 0) is 4.79 Å². The first kappa shape index (κ1) is 23.7. The van der Waals surface area contributed by atoms with Gasteiger partial charge in [-0.25, -0.2) is 4.99 Å². The first-order valence-electron chi connectivity index (χ1n) is 9.70. The lowest BCUT2D eigenvalue weighted by molar-refractivity contribution is -0.120. The summed E-state index contributed by atoms with van der Waals surface area (Å²) in [5.41, 5.74) is 1.08. The average molecular weight is 488 g/mol. The number of halogens is 1. The van der Waals surface area contributed by atoms with Crippen LogP contribution in [0.5, 0.6) is 0 Å². The summed E-state index contributed by atoms with van der Waals surface area (Å²) in [7, 11) is 0. The third-order valence-electron chi connectivity index (χ3n) is 4.70. The standard InChI is InChI=1S/C20H32N4O2.HI/c1-2-21-20(22-13-17(15-25)16-9-5-3-6-10-16)23-14-19(26)24-18-11-7-4-8-12-18;/h3,5-6,9-10,17-18,25H,2,4,7-8,11-15H2,1H3,(H,24,26)(H2,21,22,23);1H. The van der Waals surface area contributed by atoms with Gasteiger partial charge in [0.15, 0.2) is 5.96 Å². The fraction of sp³-hybridized carbons (Fsp3) is 0.600. The van der Waals surface area contributed by atoms with Crippen molar-refractivity contribution in [3.63, 3.8) is 0 Å². The van der Waals surface area contributed by atoms with Crippen molar-refractivity contribution in [1.82, 2.24) is 16.0 Å². The first-order valence-corrected chi connectivity index (χ1v) is 9.70. The summed E-state index contributed by atoms with van der Waals surface area (Å²) >= 11 is 0. The van der Waals surface area contributed by atoms with E-state index in [1.807, 2.05) is 37.3 Å². The Bertz CT molecular complexity index is 562. The molecule has 1 atom stereocenters. The average Bonchev–Trinajstić information content (AvgIpc) is 2.68. The van der Waals surface area contributed by atoms with E-state index in [0.717, 1.165) is 18.4 Å². The molecule has 1 aromatic carbocycles. The number of rotatable bonds is 8. The molecule has 0 saturated heterocycles. The van der Waals surface area contributed by atoms with Gasteiger partial charge in [0.1, 0.15) is 6.54 Å². The number of benzene rings is 1. The summed E-state index contributed by atoms with van der Waals surface area (Å²) in [6.45, 7) is 3.42. The Kier molecular flexibility index (Phi) is 12.1. The maximum atomic E-state index is 12.1. The molecule has 1 amide bonds. The monoisotopic (exact) mass is 488 g/mol. The van der Waals surface area contributed by atoms with E-state index < -0.39 is 0 Å². The van der Waals surface area contributed by atoms with Crippen molar-refractivity contribution in [1.29, 1.82) is 0 Å². The lowest BCUT2D eigenvalue weighted by Gasteiger charge is -2.22. The second-order valence-corrected chi connectivity index (χ2v) is 6.77. The van der Waals surface area contributed by atoms with E-state index in [1.165, 1.54) is 19.3 Å². The maximum Gasteiger partial charge on any atom is 0.242 e. The molecule has 0 bridgehead atoms. The number of aliphatic imine (C=N–C) groups is 1. The molecule has 2 rings (SSSR count). The molecule has 0 aliphatic heterocycles. The molecule has 7 heteroatoms. The molecule has 1 saturated carbocycles. The predicted octanol–water partition coefficient (Wildman–Crippen LogP) is 2.38. The SMILES string of the molecule is CCNC(=NCC(=O)NC1CCCCC1)NCC(CO)c1ccccc1.I. The number of carbonyl (C=O) groups excluding carboxylic acids is 1. The van der Waals surface area contributed by atoms with E-state index in [9.17, 15) is 9.90 Å². The number of nitrogens with one attached hydrogen (secondary N) is 3. The van der Waals surface area contributed by atoms with Crippen LogP contribution in [0, 0.1) is 0 Å². The normalized spacial score (nSPS) is 16.1. The zero-order valence-electron chi connectivity index (χ0n) is 16.1. The number of amides is 1. The van der Waals surface area contributed by atoms with Crippen LogP contribution in [-0.4, -0.2) is 49.3 Å². The lowest BCUT2D eigenvalue weighted by atomic mass is 9.95. The Labute approximate surface area is 179 Å². The fourth-order valence-electron chi connectivity index (χ4n) is 3.25. The molecule has 152 valence electrons. The highest BCUT2D eigenvalue weighted by Gasteiger charge is 2.15. The van der Waals surface area contributed by atoms with Crippen LogP contribution < -0.4 is 16.0 Å². The smallest absolute Gasteiger partial charge is 0.242 e. The van der Waals surface area contributed by atoms with Crippen LogP contribution in [0.25, 0.3) is 0 Å². The van der Waals surface area contributed by atoms with E-state index in [4.69, 9.17) is 0 Å². The van der Waals surface area contributed by atoms with Crippen molar-refractivity contribution >= 4 is 35.8 Å². The Morgan fingerprint density at radius 2 is 1.89 bits per heavy atom. The zero-order chi connectivity index (χ0) is 18.6. The molecule has 0 spiro atoms. The minimum Gasteiger partial charge on any atom is -0.396 e. The molecule has 1 aliphatic rings. The lowest BCUT2D eigenvalue weighted by Crippen LogP contribution is -2.42. The van der Waals surface area contributed by atoms with Gasteiger partial charge in [-0.3, -0.25) is 4.79 Å². The second-order valence-electron chi connectivity index (χ2n) is 6.77. The van der Waals surface area contributed by atoms with Crippen LogP contribution in [0.1, 0.15) is 50.5 Å². The summed E-state index contributed by atoms with van der Waals surface area (Å²) in [5.74, 6) is 0.549. The molecule has 27 heavy (non-hydrogen) atoms. The summed E-state index contributed by atoms with van der Waals surface area (Å²) < 4.78 is 0. The van der Waals surface area contributed by atoms with Crippen LogP contribution in [0.2, 0.25) is 0 Å². The summed E-state index contributed by atoms with van der Waals surface area (Å²) in [5, 5.41) is 19.1. The van der Waals surface area contributed by atoms with Gasteiger partial charge in [0.05, 0.1) is 6.61 Å². The third kappa shape index (κ3) is 8.92. The van der Waals surface area contributed by atoms with Gasteiger partial charge in [-0.15, -0.1) is 24.0 Å². The van der Waals surface area contributed by atoms with Crippen molar-refractivity contribution in [2.24, 2.45) is 4.99 Å². The Morgan fingerprint density at radius 1 is 1.19 bits per heavy atom. The minimum absolute atomic E-state index is 0. The molecule has 0 radical (unpaired) electrons. The first-order chi connectivity index (χ1) is 12.7. The fourth-order valence-corrected chi connectivity index (χ4v) is 3.25. The van der Waals surface area contributed by atoms with Crippen LogP contribution in [0.15, 0.2) is 35.3 Å². The summed E-state index contributed by atoms with van der Waals surface area (Å²) in [6.07, 6.45) is 5.80. The number of aliphatic hydroxyl groups is 1. The molecule has 1 unspecified atom stereocenters. The van der Waals surface area contributed by atoms with Gasteiger partial charge in [0, 0.05) is 25.0 Å². The van der Waals surface area contributed by atoms with E-state index in [0.29, 0.717) is 25.1 Å². The Morgan fingerprint density at radius 3 is 2.52 bits per heavy atom. The number of guanidine groups is 1. The van der Waals surface area contributed by atoms with Crippen molar-refractivity contribution in [2.75, 3.05) is 26.2 Å². The van der Waals surface area contributed by atoms with E-state index in [1.54, 1.807) is 0 Å². The van der Waals surface area contributed by atoms with Crippen molar-refractivity contribution in [2.45, 2.75) is 51.0 Å². The maximum absolute atomic E-state index is 12.1. The number of carbonyl (C=O) groups is 1. The topological polar surface area (TPSA) is 85.8 Å². The number of hydrogen-bond acceptors (Lipinski definition) is 3. The highest BCUT2D eigenvalue weighted by Crippen LogP contribution is 2.17. The molecule has 0 heterocycles. The number of hydrogen-bond donors (Lipinski definition) is 4. The van der Waals surface area contributed by atoms with Gasteiger partial charge >= 0.3 is 0 Å². The van der Waals surface area contributed by atoms with Crippen molar-refractivity contribution in [3.8, 4) is 0 Å². The van der Waals surface area contributed by atoms with Crippen LogP contribution in [0.3, 0.4) is 0 Å². The van der Waals surface area contributed by atoms with E-state index in [-0.39, 0.29) is 49.0 Å². The largest absolute Gasteiger partial charge is 0.396 e. The van der Waals surface area contributed by atoms with Crippen LogP contribution in [0.4, 0.5) is 0 Å². The van der Waals surface area contributed by atoms with Gasteiger partial charge in [0.25, 0.3) is 0 Å². The molecule has 0 aromatic heterocycles. The van der Waals surface area contributed by atoms with Gasteiger partial charge in [0.2, 0.25) is 5.91 Å². The highest BCUT2D eigenvalue weighted by atomic mass is 127. The van der Waals surface area contributed by atoms with Crippen molar-refractivity contribution < 1.29 is 9.90 Å². The Balaban J connectivity index is 0.00000364. The molecule has 1 aliphatic carbocycles. The molecule has 1 aromatic rings. The second kappa shape index (κ2) is 13.8. The zero-order valence-corrected chi connectivity index (χ0v) is 18.4. The molecule has 6 nitrogen and oxygen atoms in total. The van der Waals surface area contributed by atoms with E-state index >= 15 is 0 Å². The molecule has 1 fully saturated rings. The highest BCUT2D eigenvalue weighted by molar-refractivity contribution is 14.0. The van der Waals surface area contributed by atoms with Crippen LogP contribution >= 0.6 is 24.0 Å². The quantitative estimate of drug-likeness (QED) is 0.257.